The molecule has 26 heavy (non-hydrogen) atoms. The zero-order chi connectivity index (χ0) is 17.9. The molecule has 2 atom stereocenters. The Morgan fingerprint density at radius 3 is 2.81 bits per heavy atom. The van der Waals surface area contributed by atoms with Crippen LogP contribution in [0.25, 0.3) is 10.8 Å². The van der Waals surface area contributed by atoms with Crippen molar-refractivity contribution in [1.29, 1.82) is 0 Å². The second-order valence-corrected chi connectivity index (χ2v) is 6.96. The summed E-state index contributed by atoms with van der Waals surface area (Å²) in [7, 11) is 0. The fraction of sp³-hybridized carbons (Fsp3) is 0.333. The summed E-state index contributed by atoms with van der Waals surface area (Å²) in [5, 5.41) is 13.1. The molecule has 5 heteroatoms. The summed E-state index contributed by atoms with van der Waals surface area (Å²) in [6.07, 6.45) is 5.98. The molecule has 5 nitrogen and oxygen atoms in total. The molecule has 1 aromatic heterocycles. The summed E-state index contributed by atoms with van der Waals surface area (Å²) in [4.78, 5) is 18.2. The number of aliphatic hydroxyl groups excluding tert-OH is 1. The van der Waals surface area contributed by atoms with Gasteiger partial charge in [-0.3, -0.25) is 4.79 Å². The van der Waals surface area contributed by atoms with E-state index in [1.165, 1.54) is 10.8 Å². The van der Waals surface area contributed by atoms with E-state index in [4.69, 9.17) is 0 Å². The lowest BCUT2D eigenvalue weighted by molar-refractivity contribution is -0.134. The molecule has 134 valence electrons. The van der Waals surface area contributed by atoms with Crippen LogP contribution in [0.1, 0.15) is 24.3 Å². The number of fused-ring (bicyclic) bond motifs is 1. The lowest BCUT2D eigenvalue weighted by Gasteiger charge is -2.36. The molecule has 0 saturated carbocycles. The van der Waals surface area contributed by atoms with E-state index in [0.29, 0.717) is 26.1 Å². The Bertz CT molecular complexity index is 891. The number of β-amino-alcohol motifs (C(OH)–C–C–N with tert-alkyl or cyclic N) is 1. The van der Waals surface area contributed by atoms with Crippen LogP contribution in [0, 0.1) is 0 Å². The second-order valence-electron chi connectivity index (χ2n) is 6.96. The zero-order valence-electron chi connectivity index (χ0n) is 14.7. The number of benzene rings is 2. The van der Waals surface area contributed by atoms with Crippen molar-refractivity contribution in [2.75, 3.05) is 13.1 Å². The Hall–Kier alpha value is -2.66. The van der Waals surface area contributed by atoms with E-state index in [0.717, 1.165) is 12.0 Å². The van der Waals surface area contributed by atoms with Crippen LogP contribution in [0.4, 0.5) is 0 Å². The average molecular weight is 349 g/mol. The number of carbonyl (C=O) groups is 1. The van der Waals surface area contributed by atoms with Crippen molar-refractivity contribution in [3.8, 4) is 0 Å². The Labute approximate surface area is 152 Å². The van der Waals surface area contributed by atoms with Crippen molar-refractivity contribution in [3.63, 3.8) is 0 Å². The molecule has 0 radical (unpaired) electrons. The van der Waals surface area contributed by atoms with Gasteiger partial charge in [0.1, 0.15) is 0 Å². The minimum absolute atomic E-state index is 0.0808. The molecule has 1 amide bonds. The van der Waals surface area contributed by atoms with Gasteiger partial charge < -0.3 is 14.6 Å². The number of imidazole rings is 1. The first kappa shape index (κ1) is 16.8. The topological polar surface area (TPSA) is 58.4 Å². The molecule has 0 spiro atoms. The Morgan fingerprint density at radius 1 is 1.19 bits per heavy atom. The largest absolute Gasteiger partial charge is 0.391 e. The molecule has 0 aliphatic carbocycles. The number of aromatic nitrogens is 2. The third-order valence-corrected chi connectivity index (χ3v) is 5.28. The van der Waals surface area contributed by atoms with Gasteiger partial charge >= 0.3 is 0 Å². The molecule has 4 rings (SSSR count). The highest BCUT2D eigenvalue weighted by Crippen LogP contribution is 2.30. The number of amides is 1. The summed E-state index contributed by atoms with van der Waals surface area (Å²) in [5.41, 5.74) is 1.15. The van der Waals surface area contributed by atoms with Crippen LogP contribution in [-0.2, 0) is 11.3 Å². The third kappa shape index (κ3) is 3.48. The molecule has 1 saturated heterocycles. The van der Waals surface area contributed by atoms with Crippen LogP contribution in [0.15, 0.2) is 61.2 Å². The fourth-order valence-electron chi connectivity index (χ4n) is 3.79. The van der Waals surface area contributed by atoms with Gasteiger partial charge in [0.15, 0.2) is 0 Å². The standard InChI is InChI=1S/C21H23N3O2/c25-20-14-24(21(26)8-10-23-12-9-22-15-23)11-7-19(20)18-6-5-16-3-1-2-4-17(16)13-18/h1-6,9,12-13,15,19-20,25H,7-8,10-11,14H2/t19-,20+/m0/s1. The van der Waals surface area contributed by atoms with Crippen molar-refractivity contribution >= 4 is 16.7 Å². The number of likely N-dealkylation sites (tertiary alicyclic amines) is 1. The van der Waals surface area contributed by atoms with Crippen molar-refractivity contribution in [1.82, 2.24) is 14.5 Å². The summed E-state index contributed by atoms with van der Waals surface area (Å²) in [6.45, 7) is 1.72. The lowest BCUT2D eigenvalue weighted by Crippen LogP contribution is -2.45. The van der Waals surface area contributed by atoms with E-state index in [1.54, 1.807) is 17.4 Å². The minimum Gasteiger partial charge on any atom is -0.391 e. The normalized spacial score (nSPS) is 20.4. The van der Waals surface area contributed by atoms with Crippen LogP contribution in [-0.4, -0.2) is 44.7 Å². The van der Waals surface area contributed by atoms with Crippen LogP contribution in [0.3, 0.4) is 0 Å². The summed E-state index contributed by atoms with van der Waals surface area (Å²) in [6, 6.07) is 14.6. The molecular formula is C21H23N3O2. The van der Waals surface area contributed by atoms with E-state index in [2.05, 4.69) is 35.3 Å². The van der Waals surface area contributed by atoms with Gasteiger partial charge in [0.2, 0.25) is 5.91 Å². The van der Waals surface area contributed by atoms with Crippen molar-refractivity contribution in [3.05, 3.63) is 66.7 Å². The minimum atomic E-state index is -0.526. The number of nitrogens with zero attached hydrogens (tertiary/aromatic N) is 3. The van der Waals surface area contributed by atoms with Gasteiger partial charge in [-0.05, 0) is 22.8 Å². The number of hydrogen-bond acceptors (Lipinski definition) is 3. The van der Waals surface area contributed by atoms with Gasteiger partial charge in [-0.2, -0.15) is 0 Å². The molecule has 3 aromatic rings. The van der Waals surface area contributed by atoms with Gasteiger partial charge in [0, 0.05) is 44.4 Å². The number of hydrogen-bond donors (Lipinski definition) is 1. The zero-order valence-corrected chi connectivity index (χ0v) is 14.7. The smallest absolute Gasteiger partial charge is 0.224 e. The predicted octanol–water partition coefficient (Wildman–Crippen LogP) is 2.80. The van der Waals surface area contributed by atoms with E-state index in [1.807, 2.05) is 22.9 Å². The third-order valence-electron chi connectivity index (χ3n) is 5.28. The van der Waals surface area contributed by atoms with Crippen molar-refractivity contribution in [2.45, 2.75) is 31.4 Å². The van der Waals surface area contributed by atoms with E-state index >= 15 is 0 Å². The Kier molecular flexibility index (Phi) is 4.71. The van der Waals surface area contributed by atoms with Crippen LogP contribution >= 0.6 is 0 Å². The maximum atomic E-state index is 12.4. The first-order valence-corrected chi connectivity index (χ1v) is 9.11. The van der Waals surface area contributed by atoms with E-state index < -0.39 is 6.10 Å². The molecule has 2 heterocycles. The first-order valence-electron chi connectivity index (χ1n) is 9.11. The molecule has 1 aliphatic rings. The highest BCUT2D eigenvalue weighted by Gasteiger charge is 2.31. The maximum Gasteiger partial charge on any atom is 0.224 e. The second kappa shape index (κ2) is 7.30. The van der Waals surface area contributed by atoms with Gasteiger partial charge in [0.25, 0.3) is 0 Å². The molecule has 1 fully saturated rings. The SMILES string of the molecule is O=C(CCn1ccnc1)N1CC[C@@H](c2ccc3ccccc3c2)[C@H](O)C1. The van der Waals surface area contributed by atoms with Crippen molar-refractivity contribution < 1.29 is 9.90 Å². The molecule has 1 aliphatic heterocycles. The highest BCUT2D eigenvalue weighted by molar-refractivity contribution is 5.83. The Balaban J connectivity index is 1.40. The lowest BCUT2D eigenvalue weighted by atomic mass is 9.86. The average Bonchev–Trinajstić information content (AvgIpc) is 3.19. The number of aliphatic hydroxyl groups is 1. The van der Waals surface area contributed by atoms with Crippen LogP contribution in [0.2, 0.25) is 0 Å². The molecular weight excluding hydrogens is 326 g/mol. The highest BCUT2D eigenvalue weighted by atomic mass is 16.3. The monoisotopic (exact) mass is 349 g/mol. The molecule has 0 bridgehead atoms. The van der Waals surface area contributed by atoms with Gasteiger partial charge in [-0.1, -0.05) is 42.5 Å². The van der Waals surface area contributed by atoms with E-state index in [-0.39, 0.29) is 11.8 Å². The number of piperidine rings is 1. The summed E-state index contributed by atoms with van der Waals surface area (Å²) in [5.74, 6) is 0.173. The predicted molar refractivity (Wildman–Crippen MR) is 101 cm³/mol. The summed E-state index contributed by atoms with van der Waals surface area (Å²) < 4.78 is 1.90. The van der Waals surface area contributed by atoms with Crippen LogP contribution in [0.5, 0.6) is 0 Å². The Morgan fingerprint density at radius 2 is 2.04 bits per heavy atom. The quantitative estimate of drug-likeness (QED) is 0.788. The fourth-order valence-corrected chi connectivity index (χ4v) is 3.79. The molecule has 0 unspecified atom stereocenters. The number of carbonyl (C=O) groups excluding carboxylic acids is 1. The van der Waals surface area contributed by atoms with Gasteiger partial charge in [-0.15, -0.1) is 0 Å². The van der Waals surface area contributed by atoms with Crippen LogP contribution < -0.4 is 0 Å². The number of aryl methyl sites for hydroxylation is 1. The maximum absolute atomic E-state index is 12.4. The van der Waals surface area contributed by atoms with Gasteiger partial charge in [0.05, 0.1) is 12.4 Å². The molecule has 2 aromatic carbocycles. The number of rotatable bonds is 4. The van der Waals surface area contributed by atoms with Gasteiger partial charge in [-0.25, -0.2) is 4.98 Å². The summed E-state index contributed by atoms with van der Waals surface area (Å²) >= 11 is 0. The first-order chi connectivity index (χ1) is 12.7. The molecule has 1 N–H and O–H groups in total. The van der Waals surface area contributed by atoms with E-state index in [9.17, 15) is 9.90 Å². The van der Waals surface area contributed by atoms with Crippen molar-refractivity contribution in [2.24, 2.45) is 0 Å².